The number of aryl methyl sites for hydroxylation is 1. The lowest BCUT2D eigenvalue weighted by Crippen LogP contribution is -2.45. The Kier molecular flexibility index (Phi) is 6.06. The van der Waals surface area contributed by atoms with Gasteiger partial charge in [-0.3, -0.25) is 14.4 Å². The van der Waals surface area contributed by atoms with Gasteiger partial charge in [0.05, 0.1) is 12.5 Å². The highest BCUT2D eigenvalue weighted by molar-refractivity contribution is 5.92. The fourth-order valence-electron chi connectivity index (χ4n) is 4.59. The van der Waals surface area contributed by atoms with Crippen LogP contribution in [0.1, 0.15) is 49.1 Å². The van der Waals surface area contributed by atoms with Crippen LogP contribution in [0.15, 0.2) is 34.9 Å². The first-order chi connectivity index (χ1) is 14.9. The number of carbonyl (C=O) groups is 3. The molecule has 1 aromatic heterocycles. The summed E-state index contributed by atoms with van der Waals surface area (Å²) in [6.45, 7) is 5.02. The van der Waals surface area contributed by atoms with Crippen molar-refractivity contribution >= 4 is 23.5 Å². The molecule has 1 aromatic carbocycles. The van der Waals surface area contributed by atoms with Crippen LogP contribution in [0.3, 0.4) is 0 Å². The zero-order valence-electron chi connectivity index (χ0n) is 18.0. The van der Waals surface area contributed by atoms with Crippen LogP contribution in [0.4, 0.5) is 5.82 Å². The normalized spacial score (nSPS) is 19.1. The Balaban J connectivity index is 1.36. The van der Waals surface area contributed by atoms with E-state index >= 15 is 0 Å². The molecule has 8 heteroatoms. The van der Waals surface area contributed by atoms with Gasteiger partial charge in [0.1, 0.15) is 5.76 Å². The van der Waals surface area contributed by atoms with E-state index in [9.17, 15) is 14.4 Å². The Morgan fingerprint density at radius 3 is 2.58 bits per heavy atom. The zero-order valence-corrected chi connectivity index (χ0v) is 18.0. The van der Waals surface area contributed by atoms with Crippen molar-refractivity contribution in [2.24, 2.45) is 5.92 Å². The Morgan fingerprint density at radius 1 is 1.16 bits per heavy atom. The van der Waals surface area contributed by atoms with Crippen LogP contribution < -0.4 is 5.32 Å². The minimum absolute atomic E-state index is 0.00854. The predicted molar refractivity (Wildman–Crippen MR) is 114 cm³/mol. The van der Waals surface area contributed by atoms with Gasteiger partial charge in [-0.25, -0.2) is 0 Å². The van der Waals surface area contributed by atoms with Gasteiger partial charge in [-0.1, -0.05) is 29.4 Å². The quantitative estimate of drug-likeness (QED) is 0.814. The topological polar surface area (TPSA) is 95.8 Å². The molecule has 2 aromatic rings. The van der Waals surface area contributed by atoms with Crippen molar-refractivity contribution in [2.75, 3.05) is 25.0 Å². The molecule has 0 radical (unpaired) electrons. The zero-order chi connectivity index (χ0) is 22.0. The van der Waals surface area contributed by atoms with Crippen molar-refractivity contribution < 1.29 is 18.9 Å². The van der Waals surface area contributed by atoms with E-state index in [0.29, 0.717) is 44.1 Å². The molecule has 3 heterocycles. The van der Waals surface area contributed by atoms with E-state index in [-0.39, 0.29) is 36.1 Å². The van der Waals surface area contributed by atoms with Gasteiger partial charge in [0.25, 0.3) is 0 Å². The number of piperidine rings is 1. The number of likely N-dealkylation sites (tertiary alicyclic amines) is 1. The average molecular weight is 425 g/mol. The molecule has 0 saturated carbocycles. The molecular weight excluding hydrogens is 396 g/mol. The third kappa shape index (κ3) is 4.62. The van der Waals surface area contributed by atoms with Crippen LogP contribution >= 0.6 is 0 Å². The van der Waals surface area contributed by atoms with E-state index in [4.69, 9.17) is 4.52 Å². The third-order valence-electron chi connectivity index (χ3n) is 6.28. The summed E-state index contributed by atoms with van der Waals surface area (Å²) in [5.74, 6) is 0.820. The lowest BCUT2D eigenvalue weighted by atomic mass is 9.89. The maximum atomic E-state index is 13.1. The molecule has 0 bridgehead atoms. The summed E-state index contributed by atoms with van der Waals surface area (Å²) in [6, 6.07) is 9.50. The standard InChI is InChI=1S/C23H28N4O4/c1-15-13-21(25-31-15)24-23(30)18-7-10-26(11-8-18)22(29)14-20-19-6-4-3-5-17(19)9-12-27(20)16(2)28/h3-6,13,18,20H,7-12,14H2,1-2H3,(H,24,25,30). The second kappa shape index (κ2) is 8.91. The fraction of sp³-hybridized carbons (Fsp3) is 0.478. The van der Waals surface area contributed by atoms with Crippen LogP contribution in [0.5, 0.6) is 0 Å². The molecule has 1 fully saturated rings. The number of carbonyl (C=O) groups excluding carboxylic acids is 3. The van der Waals surface area contributed by atoms with Crippen molar-refractivity contribution in [1.29, 1.82) is 0 Å². The number of hydrogen-bond donors (Lipinski definition) is 1. The Morgan fingerprint density at radius 2 is 1.90 bits per heavy atom. The number of anilines is 1. The molecule has 31 heavy (non-hydrogen) atoms. The van der Waals surface area contributed by atoms with Crippen LogP contribution in [-0.4, -0.2) is 52.3 Å². The van der Waals surface area contributed by atoms with Gasteiger partial charge >= 0.3 is 0 Å². The molecule has 1 N–H and O–H groups in total. The van der Waals surface area contributed by atoms with E-state index in [1.807, 2.05) is 23.1 Å². The van der Waals surface area contributed by atoms with Crippen molar-refractivity contribution in [3.05, 3.63) is 47.2 Å². The first-order valence-corrected chi connectivity index (χ1v) is 10.8. The Bertz CT molecular complexity index is 977. The van der Waals surface area contributed by atoms with Gasteiger partial charge in [0.15, 0.2) is 5.82 Å². The van der Waals surface area contributed by atoms with Crippen LogP contribution in [0.25, 0.3) is 0 Å². The molecule has 0 spiro atoms. The Hall–Kier alpha value is -3.16. The van der Waals surface area contributed by atoms with Crippen molar-refractivity contribution in [2.45, 2.75) is 45.6 Å². The maximum absolute atomic E-state index is 13.1. The highest BCUT2D eigenvalue weighted by Gasteiger charge is 2.34. The van der Waals surface area contributed by atoms with E-state index in [1.54, 1.807) is 24.8 Å². The molecule has 2 aliphatic rings. The lowest BCUT2D eigenvalue weighted by molar-refractivity contribution is -0.138. The Labute approximate surface area is 181 Å². The first kappa shape index (κ1) is 21.1. The van der Waals surface area contributed by atoms with Gasteiger partial charge < -0.3 is 19.6 Å². The minimum Gasteiger partial charge on any atom is -0.360 e. The van der Waals surface area contributed by atoms with Crippen LogP contribution in [-0.2, 0) is 20.8 Å². The molecule has 164 valence electrons. The summed E-state index contributed by atoms with van der Waals surface area (Å²) in [5.41, 5.74) is 2.27. The molecule has 1 unspecified atom stereocenters. The molecule has 0 aliphatic carbocycles. The molecule has 1 saturated heterocycles. The maximum Gasteiger partial charge on any atom is 0.228 e. The number of fused-ring (bicyclic) bond motifs is 1. The second-order valence-electron chi connectivity index (χ2n) is 8.35. The summed E-state index contributed by atoms with van der Waals surface area (Å²) in [6.07, 6.45) is 2.29. The van der Waals surface area contributed by atoms with Crippen molar-refractivity contribution in [3.63, 3.8) is 0 Å². The molecule has 3 amide bonds. The molecular formula is C23H28N4O4. The molecule has 2 aliphatic heterocycles. The average Bonchev–Trinajstić information content (AvgIpc) is 3.18. The summed E-state index contributed by atoms with van der Waals surface area (Å²) in [7, 11) is 0. The second-order valence-corrected chi connectivity index (χ2v) is 8.35. The summed E-state index contributed by atoms with van der Waals surface area (Å²) < 4.78 is 4.98. The van der Waals surface area contributed by atoms with Gasteiger partial charge in [-0.05, 0) is 37.3 Å². The SMILES string of the molecule is CC(=O)N1CCc2ccccc2C1CC(=O)N1CCC(C(=O)Nc2cc(C)on2)CC1. The number of nitrogens with one attached hydrogen (secondary N) is 1. The monoisotopic (exact) mass is 424 g/mol. The summed E-state index contributed by atoms with van der Waals surface area (Å²) in [5, 5.41) is 6.57. The van der Waals surface area contributed by atoms with E-state index in [2.05, 4.69) is 16.5 Å². The number of amides is 3. The highest BCUT2D eigenvalue weighted by atomic mass is 16.5. The number of hydrogen-bond acceptors (Lipinski definition) is 5. The van der Waals surface area contributed by atoms with Crippen molar-refractivity contribution in [3.8, 4) is 0 Å². The van der Waals surface area contributed by atoms with Crippen LogP contribution in [0.2, 0.25) is 0 Å². The van der Waals surface area contributed by atoms with Gasteiger partial charge in [0, 0.05) is 38.5 Å². The third-order valence-corrected chi connectivity index (χ3v) is 6.28. The van der Waals surface area contributed by atoms with Gasteiger partial charge in [-0.2, -0.15) is 0 Å². The lowest BCUT2D eigenvalue weighted by Gasteiger charge is -2.38. The van der Waals surface area contributed by atoms with E-state index < -0.39 is 0 Å². The first-order valence-electron chi connectivity index (χ1n) is 10.8. The summed E-state index contributed by atoms with van der Waals surface area (Å²) >= 11 is 0. The van der Waals surface area contributed by atoms with Crippen LogP contribution in [0, 0.1) is 12.8 Å². The number of nitrogens with zero attached hydrogens (tertiary/aromatic N) is 3. The fourth-order valence-corrected chi connectivity index (χ4v) is 4.59. The number of rotatable bonds is 4. The predicted octanol–water partition coefficient (Wildman–Crippen LogP) is 2.70. The largest absolute Gasteiger partial charge is 0.360 e. The van der Waals surface area contributed by atoms with E-state index in [1.165, 1.54) is 5.56 Å². The summed E-state index contributed by atoms with van der Waals surface area (Å²) in [4.78, 5) is 41.4. The molecule has 4 rings (SSSR count). The number of benzene rings is 1. The van der Waals surface area contributed by atoms with Crippen molar-refractivity contribution in [1.82, 2.24) is 15.0 Å². The van der Waals surface area contributed by atoms with E-state index in [0.717, 1.165) is 12.0 Å². The smallest absolute Gasteiger partial charge is 0.228 e. The minimum atomic E-state index is -0.230. The molecule has 8 nitrogen and oxygen atoms in total. The number of aromatic nitrogens is 1. The van der Waals surface area contributed by atoms with Gasteiger partial charge in [0.2, 0.25) is 17.7 Å². The highest BCUT2D eigenvalue weighted by Crippen LogP contribution is 2.33. The molecule has 1 atom stereocenters. The van der Waals surface area contributed by atoms with Gasteiger partial charge in [-0.15, -0.1) is 0 Å².